The molecule has 0 bridgehead atoms. The van der Waals surface area contributed by atoms with Crippen LogP contribution in [0.5, 0.6) is 0 Å². The topological polar surface area (TPSA) is 32.3 Å². The Morgan fingerprint density at radius 2 is 1.88 bits per heavy atom. The van der Waals surface area contributed by atoms with Gasteiger partial charge in [-0.1, -0.05) is 27.2 Å². The Labute approximate surface area is 99.6 Å². The van der Waals surface area contributed by atoms with E-state index in [-0.39, 0.29) is 5.91 Å². The molecule has 1 aliphatic heterocycles. The normalized spacial score (nSPS) is 19.8. The minimum atomic E-state index is 0.169. The highest BCUT2D eigenvalue weighted by Crippen LogP contribution is 2.16. The zero-order valence-electron chi connectivity index (χ0n) is 11.0. The summed E-state index contributed by atoms with van der Waals surface area (Å²) in [5.74, 6) is 0.776. The molecule has 1 unspecified atom stereocenters. The molecule has 3 heteroatoms. The summed E-state index contributed by atoms with van der Waals surface area (Å²) in [5, 5.41) is 3.03. The van der Waals surface area contributed by atoms with Crippen molar-refractivity contribution in [3.63, 3.8) is 0 Å². The van der Waals surface area contributed by atoms with Crippen LogP contribution in [0, 0.1) is 5.92 Å². The van der Waals surface area contributed by atoms with Gasteiger partial charge in [-0.25, -0.2) is 0 Å². The first kappa shape index (κ1) is 13.5. The van der Waals surface area contributed by atoms with Crippen LogP contribution in [0.1, 0.15) is 46.5 Å². The minimum Gasteiger partial charge on any atom is -0.355 e. The van der Waals surface area contributed by atoms with Gasteiger partial charge in [0.2, 0.25) is 5.91 Å². The molecule has 1 rings (SSSR count). The molecule has 1 aliphatic rings. The van der Waals surface area contributed by atoms with E-state index >= 15 is 0 Å². The SMILES string of the molecule is CCC(=O)NCC(C(C)C)N1CCCCC1. The van der Waals surface area contributed by atoms with Crippen molar-refractivity contribution in [1.29, 1.82) is 0 Å². The molecule has 0 spiro atoms. The van der Waals surface area contributed by atoms with Crippen molar-refractivity contribution in [2.24, 2.45) is 5.92 Å². The molecule has 0 aromatic carbocycles. The number of amides is 1. The third-order valence-corrected chi connectivity index (χ3v) is 3.46. The number of nitrogens with one attached hydrogen (secondary N) is 1. The van der Waals surface area contributed by atoms with E-state index < -0.39 is 0 Å². The lowest BCUT2D eigenvalue weighted by atomic mass is 9.99. The van der Waals surface area contributed by atoms with Gasteiger partial charge in [-0.05, 0) is 31.8 Å². The smallest absolute Gasteiger partial charge is 0.219 e. The molecular formula is C13H26N2O. The summed E-state index contributed by atoms with van der Waals surface area (Å²) in [6.45, 7) is 9.61. The molecule has 94 valence electrons. The van der Waals surface area contributed by atoms with Crippen LogP contribution >= 0.6 is 0 Å². The van der Waals surface area contributed by atoms with Crippen molar-refractivity contribution < 1.29 is 4.79 Å². The summed E-state index contributed by atoms with van der Waals surface area (Å²) in [6.07, 6.45) is 4.57. The maximum absolute atomic E-state index is 11.3. The second-order valence-electron chi connectivity index (χ2n) is 5.07. The van der Waals surface area contributed by atoms with Gasteiger partial charge in [-0.15, -0.1) is 0 Å². The fraction of sp³-hybridized carbons (Fsp3) is 0.923. The van der Waals surface area contributed by atoms with Gasteiger partial charge in [0.15, 0.2) is 0 Å². The summed E-state index contributed by atoms with van der Waals surface area (Å²) in [5.41, 5.74) is 0. The van der Waals surface area contributed by atoms with E-state index in [9.17, 15) is 4.79 Å². The summed E-state index contributed by atoms with van der Waals surface area (Å²) in [4.78, 5) is 13.8. The van der Waals surface area contributed by atoms with Gasteiger partial charge < -0.3 is 5.32 Å². The Bertz CT molecular complexity index is 210. The second kappa shape index (κ2) is 6.89. The molecule has 0 saturated carbocycles. The average molecular weight is 226 g/mol. The van der Waals surface area contributed by atoms with Crippen LogP contribution in [0.4, 0.5) is 0 Å². The van der Waals surface area contributed by atoms with E-state index in [1.165, 1.54) is 32.4 Å². The second-order valence-corrected chi connectivity index (χ2v) is 5.07. The van der Waals surface area contributed by atoms with E-state index in [1.807, 2.05) is 6.92 Å². The molecule has 0 aromatic heterocycles. The van der Waals surface area contributed by atoms with E-state index in [0.717, 1.165) is 6.54 Å². The van der Waals surface area contributed by atoms with Crippen LogP contribution in [0.15, 0.2) is 0 Å². The van der Waals surface area contributed by atoms with E-state index in [0.29, 0.717) is 18.4 Å². The van der Waals surface area contributed by atoms with E-state index in [2.05, 4.69) is 24.1 Å². The van der Waals surface area contributed by atoms with Gasteiger partial charge in [-0.3, -0.25) is 9.69 Å². The number of nitrogens with zero attached hydrogens (tertiary/aromatic N) is 1. The van der Waals surface area contributed by atoms with Crippen LogP contribution in [-0.4, -0.2) is 36.5 Å². The quantitative estimate of drug-likeness (QED) is 0.778. The maximum Gasteiger partial charge on any atom is 0.219 e. The fourth-order valence-electron chi connectivity index (χ4n) is 2.38. The molecule has 1 amide bonds. The van der Waals surface area contributed by atoms with Crippen molar-refractivity contribution in [2.75, 3.05) is 19.6 Å². The first-order chi connectivity index (χ1) is 7.65. The first-order valence-electron chi connectivity index (χ1n) is 6.66. The maximum atomic E-state index is 11.3. The molecule has 0 aliphatic carbocycles. The van der Waals surface area contributed by atoms with Crippen LogP contribution < -0.4 is 5.32 Å². The van der Waals surface area contributed by atoms with E-state index in [4.69, 9.17) is 0 Å². The monoisotopic (exact) mass is 226 g/mol. The Kier molecular flexibility index (Phi) is 5.81. The third-order valence-electron chi connectivity index (χ3n) is 3.46. The Balaban J connectivity index is 2.42. The van der Waals surface area contributed by atoms with Crippen molar-refractivity contribution in [2.45, 2.75) is 52.5 Å². The Morgan fingerprint density at radius 1 is 1.25 bits per heavy atom. The first-order valence-corrected chi connectivity index (χ1v) is 6.66. The number of hydrogen-bond donors (Lipinski definition) is 1. The molecule has 1 fully saturated rings. The van der Waals surface area contributed by atoms with Crippen LogP contribution in [0.2, 0.25) is 0 Å². The molecule has 1 heterocycles. The third kappa shape index (κ3) is 4.12. The minimum absolute atomic E-state index is 0.169. The lowest BCUT2D eigenvalue weighted by Crippen LogP contribution is -2.48. The molecule has 1 atom stereocenters. The van der Waals surface area contributed by atoms with Gasteiger partial charge in [-0.2, -0.15) is 0 Å². The molecule has 0 radical (unpaired) electrons. The van der Waals surface area contributed by atoms with Gasteiger partial charge in [0, 0.05) is 19.0 Å². The largest absolute Gasteiger partial charge is 0.355 e. The summed E-state index contributed by atoms with van der Waals surface area (Å²) in [7, 11) is 0. The van der Waals surface area contributed by atoms with Crippen molar-refractivity contribution in [3.05, 3.63) is 0 Å². The predicted molar refractivity (Wildman–Crippen MR) is 67.4 cm³/mol. The average Bonchev–Trinajstić information content (AvgIpc) is 2.30. The summed E-state index contributed by atoms with van der Waals surface area (Å²) < 4.78 is 0. The summed E-state index contributed by atoms with van der Waals surface area (Å²) >= 11 is 0. The standard InChI is InChI=1S/C13H26N2O/c1-4-13(16)14-10-12(11(2)3)15-8-6-5-7-9-15/h11-12H,4-10H2,1-3H3,(H,14,16). The predicted octanol–water partition coefficient (Wildman–Crippen LogP) is 2.02. The number of hydrogen-bond acceptors (Lipinski definition) is 2. The molecule has 3 nitrogen and oxygen atoms in total. The number of likely N-dealkylation sites (tertiary alicyclic amines) is 1. The highest BCUT2D eigenvalue weighted by Gasteiger charge is 2.23. The van der Waals surface area contributed by atoms with Crippen LogP contribution in [0.25, 0.3) is 0 Å². The highest BCUT2D eigenvalue weighted by atomic mass is 16.1. The lowest BCUT2D eigenvalue weighted by Gasteiger charge is -2.37. The summed E-state index contributed by atoms with van der Waals surface area (Å²) in [6, 6.07) is 0.510. The zero-order chi connectivity index (χ0) is 12.0. The fourth-order valence-corrected chi connectivity index (χ4v) is 2.38. The van der Waals surface area contributed by atoms with E-state index in [1.54, 1.807) is 0 Å². The molecular weight excluding hydrogens is 200 g/mol. The Morgan fingerprint density at radius 3 is 2.38 bits per heavy atom. The molecule has 16 heavy (non-hydrogen) atoms. The van der Waals surface area contributed by atoms with Crippen LogP contribution in [0.3, 0.4) is 0 Å². The van der Waals surface area contributed by atoms with Gasteiger partial charge in [0.1, 0.15) is 0 Å². The van der Waals surface area contributed by atoms with Gasteiger partial charge in [0.25, 0.3) is 0 Å². The number of piperidine rings is 1. The van der Waals surface area contributed by atoms with Crippen molar-refractivity contribution >= 4 is 5.91 Å². The Hall–Kier alpha value is -0.570. The highest BCUT2D eigenvalue weighted by molar-refractivity contribution is 5.75. The lowest BCUT2D eigenvalue weighted by molar-refractivity contribution is -0.121. The molecule has 1 N–H and O–H groups in total. The number of rotatable bonds is 5. The zero-order valence-corrected chi connectivity index (χ0v) is 11.0. The number of carbonyl (C=O) groups excluding carboxylic acids is 1. The van der Waals surface area contributed by atoms with Crippen LogP contribution in [-0.2, 0) is 4.79 Å². The van der Waals surface area contributed by atoms with Gasteiger partial charge in [0.05, 0.1) is 0 Å². The van der Waals surface area contributed by atoms with Crippen molar-refractivity contribution in [1.82, 2.24) is 10.2 Å². The number of carbonyl (C=O) groups is 1. The van der Waals surface area contributed by atoms with Gasteiger partial charge >= 0.3 is 0 Å². The van der Waals surface area contributed by atoms with Crippen molar-refractivity contribution in [3.8, 4) is 0 Å². The molecule has 1 saturated heterocycles. The molecule has 0 aromatic rings.